The van der Waals surface area contributed by atoms with Gasteiger partial charge in [-0.2, -0.15) is 5.26 Å². The van der Waals surface area contributed by atoms with Gasteiger partial charge >= 0.3 is 0 Å². The second kappa shape index (κ2) is 5.76. The number of rotatable bonds is 3. The molecule has 106 valence electrons. The van der Waals surface area contributed by atoms with Crippen molar-refractivity contribution in [3.63, 3.8) is 0 Å². The number of nitro benzene ring substituents is 1. The van der Waals surface area contributed by atoms with E-state index in [4.69, 9.17) is 5.26 Å². The van der Waals surface area contributed by atoms with Crippen LogP contribution in [-0.4, -0.2) is 9.91 Å². The lowest BCUT2D eigenvalue weighted by Crippen LogP contribution is -1.85. The molecule has 0 bridgehead atoms. The molecule has 1 aromatic heterocycles. The van der Waals surface area contributed by atoms with Crippen LogP contribution in [-0.2, 0) is 0 Å². The molecule has 0 amide bonds. The van der Waals surface area contributed by atoms with Crippen molar-refractivity contribution in [2.45, 2.75) is 0 Å². The molecule has 0 saturated carbocycles. The van der Waals surface area contributed by atoms with E-state index in [-0.39, 0.29) is 5.69 Å². The first-order chi connectivity index (χ1) is 10.7. The first kappa shape index (κ1) is 13.9. The van der Waals surface area contributed by atoms with Gasteiger partial charge in [-0.3, -0.25) is 10.1 Å². The van der Waals surface area contributed by atoms with Gasteiger partial charge in [-0.25, -0.2) is 4.98 Å². The summed E-state index contributed by atoms with van der Waals surface area (Å²) in [6, 6.07) is 13.9. The normalized spacial score (nSPS) is 10.9. The molecule has 0 aliphatic carbocycles. The van der Waals surface area contributed by atoms with Gasteiger partial charge in [0.25, 0.3) is 5.69 Å². The highest BCUT2D eigenvalue weighted by Gasteiger charge is 2.09. The molecular weight excluding hydrogens is 298 g/mol. The molecule has 1 heterocycles. The van der Waals surface area contributed by atoms with E-state index in [2.05, 4.69) is 11.1 Å². The summed E-state index contributed by atoms with van der Waals surface area (Å²) < 4.78 is 0.786. The third-order valence-corrected chi connectivity index (χ3v) is 4.04. The molecular formula is C16H9N3O2S. The molecule has 0 saturated heterocycles. The largest absolute Gasteiger partial charge is 0.270 e. The van der Waals surface area contributed by atoms with Gasteiger partial charge < -0.3 is 0 Å². The van der Waals surface area contributed by atoms with Crippen LogP contribution in [0.5, 0.6) is 0 Å². The van der Waals surface area contributed by atoms with Crippen molar-refractivity contribution in [3.05, 3.63) is 68.7 Å². The number of hydrogen-bond donors (Lipinski definition) is 0. The molecule has 0 atom stereocenters. The van der Waals surface area contributed by atoms with Crippen molar-refractivity contribution in [2.75, 3.05) is 0 Å². The average Bonchev–Trinajstić information content (AvgIpc) is 2.95. The van der Waals surface area contributed by atoms with Crippen molar-refractivity contribution >= 4 is 39.4 Å². The van der Waals surface area contributed by atoms with Crippen LogP contribution < -0.4 is 0 Å². The maximum atomic E-state index is 10.8. The zero-order valence-electron chi connectivity index (χ0n) is 11.3. The highest BCUT2D eigenvalue weighted by Crippen LogP contribution is 2.27. The summed E-state index contributed by atoms with van der Waals surface area (Å²) >= 11 is 1.40. The Hall–Kier alpha value is -3.04. The lowest BCUT2D eigenvalue weighted by atomic mass is 10.1. The monoisotopic (exact) mass is 307 g/mol. The van der Waals surface area contributed by atoms with E-state index in [9.17, 15) is 10.1 Å². The van der Waals surface area contributed by atoms with Gasteiger partial charge in [-0.1, -0.05) is 18.2 Å². The Morgan fingerprint density at radius 2 is 1.95 bits per heavy atom. The molecule has 22 heavy (non-hydrogen) atoms. The van der Waals surface area contributed by atoms with E-state index in [0.29, 0.717) is 5.56 Å². The Morgan fingerprint density at radius 1 is 1.18 bits per heavy atom. The zero-order chi connectivity index (χ0) is 15.5. The standard InChI is InChI=1S/C16H9N3O2S/c17-10-12-3-1-11(2-4-12)5-8-16-18-14-7-6-13(19(20)21)9-15(14)22-16/h1-9H. The molecule has 0 fully saturated rings. The number of hydrogen-bond acceptors (Lipinski definition) is 5. The van der Waals surface area contributed by atoms with Gasteiger partial charge in [0.15, 0.2) is 0 Å². The lowest BCUT2D eigenvalue weighted by molar-refractivity contribution is -0.384. The van der Waals surface area contributed by atoms with Crippen LogP contribution in [0.15, 0.2) is 42.5 Å². The third kappa shape index (κ3) is 2.85. The first-order valence-electron chi connectivity index (χ1n) is 6.39. The van der Waals surface area contributed by atoms with Gasteiger partial charge in [0.2, 0.25) is 0 Å². The predicted molar refractivity (Wildman–Crippen MR) is 86.4 cm³/mol. The van der Waals surface area contributed by atoms with Gasteiger partial charge in [-0.15, -0.1) is 11.3 Å². The summed E-state index contributed by atoms with van der Waals surface area (Å²) in [5.41, 5.74) is 2.39. The summed E-state index contributed by atoms with van der Waals surface area (Å²) in [7, 11) is 0. The summed E-state index contributed by atoms with van der Waals surface area (Å²) in [4.78, 5) is 14.8. The van der Waals surface area contributed by atoms with E-state index in [1.807, 2.05) is 24.3 Å². The molecule has 3 aromatic rings. The number of nitro groups is 1. The molecule has 3 rings (SSSR count). The molecule has 0 aliphatic heterocycles. The van der Waals surface area contributed by atoms with Crippen LogP contribution in [0.3, 0.4) is 0 Å². The minimum Gasteiger partial charge on any atom is -0.258 e. The van der Waals surface area contributed by atoms with E-state index in [1.165, 1.54) is 23.5 Å². The fourth-order valence-corrected chi connectivity index (χ4v) is 2.86. The smallest absolute Gasteiger partial charge is 0.258 e. The lowest BCUT2D eigenvalue weighted by Gasteiger charge is -1.92. The Bertz CT molecular complexity index is 921. The number of nitriles is 1. The summed E-state index contributed by atoms with van der Waals surface area (Å²) in [6.45, 7) is 0. The van der Waals surface area contributed by atoms with Crippen LogP contribution >= 0.6 is 11.3 Å². The first-order valence-corrected chi connectivity index (χ1v) is 7.20. The van der Waals surface area contributed by atoms with Gasteiger partial charge in [0.1, 0.15) is 5.01 Å². The van der Waals surface area contributed by atoms with E-state index in [1.54, 1.807) is 18.2 Å². The number of aromatic nitrogens is 1. The fraction of sp³-hybridized carbons (Fsp3) is 0. The summed E-state index contributed by atoms with van der Waals surface area (Å²) in [5, 5.41) is 20.3. The molecule has 2 aromatic carbocycles. The SMILES string of the molecule is N#Cc1ccc(C=Cc2nc3ccc([N+](=O)[O-])cc3s2)cc1. The van der Waals surface area contributed by atoms with Crippen LogP contribution in [0.1, 0.15) is 16.1 Å². The maximum Gasteiger partial charge on any atom is 0.270 e. The van der Waals surface area contributed by atoms with E-state index in [0.717, 1.165) is 20.8 Å². The van der Waals surface area contributed by atoms with Crippen molar-refractivity contribution < 1.29 is 4.92 Å². The number of non-ortho nitro benzene ring substituents is 1. The van der Waals surface area contributed by atoms with E-state index < -0.39 is 4.92 Å². The van der Waals surface area contributed by atoms with Crippen LogP contribution in [0, 0.1) is 21.4 Å². The average molecular weight is 307 g/mol. The molecule has 6 heteroatoms. The number of fused-ring (bicyclic) bond motifs is 1. The zero-order valence-corrected chi connectivity index (χ0v) is 12.1. The van der Waals surface area contributed by atoms with Crippen molar-refractivity contribution in [1.29, 1.82) is 5.26 Å². The molecule has 0 N–H and O–H groups in total. The van der Waals surface area contributed by atoms with Crippen LogP contribution in [0.4, 0.5) is 5.69 Å². The van der Waals surface area contributed by atoms with Crippen molar-refractivity contribution in [1.82, 2.24) is 4.98 Å². The Kier molecular flexibility index (Phi) is 3.64. The highest BCUT2D eigenvalue weighted by atomic mass is 32.1. The van der Waals surface area contributed by atoms with Gasteiger partial charge in [0, 0.05) is 12.1 Å². The maximum absolute atomic E-state index is 10.8. The molecule has 5 nitrogen and oxygen atoms in total. The second-order valence-corrected chi connectivity index (χ2v) is 5.59. The van der Waals surface area contributed by atoms with Gasteiger partial charge in [0.05, 0.1) is 26.8 Å². The number of benzene rings is 2. The third-order valence-electron chi connectivity index (χ3n) is 3.06. The molecule has 0 unspecified atom stereocenters. The van der Waals surface area contributed by atoms with Crippen molar-refractivity contribution in [3.8, 4) is 6.07 Å². The summed E-state index contributed by atoms with van der Waals surface area (Å²) in [6.07, 6.45) is 3.76. The number of thiazole rings is 1. The quantitative estimate of drug-likeness (QED) is 0.535. The minimum absolute atomic E-state index is 0.0683. The Balaban J connectivity index is 1.88. The molecule has 0 aliphatic rings. The van der Waals surface area contributed by atoms with Crippen LogP contribution in [0.25, 0.3) is 22.4 Å². The minimum atomic E-state index is -0.411. The van der Waals surface area contributed by atoms with Crippen LogP contribution in [0.2, 0.25) is 0 Å². The fourth-order valence-electron chi connectivity index (χ4n) is 1.95. The number of nitrogens with zero attached hydrogens (tertiary/aromatic N) is 3. The van der Waals surface area contributed by atoms with Gasteiger partial charge in [-0.05, 0) is 29.8 Å². The molecule has 0 spiro atoms. The predicted octanol–water partition coefficient (Wildman–Crippen LogP) is 4.25. The summed E-state index contributed by atoms with van der Waals surface area (Å²) in [5.74, 6) is 0. The second-order valence-electron chi connectivity index (χ2n) is 4.53. The molecule has 0 radical (unpaired) electrons. The highest BCUT2D eigenvalue weighted by molar-refractivity contribution is 7.19. The van der Waals surface area contributed by atoms with E-state index >= 15 is 0 Å². The Labute approximate surface area is 129 Å². The topological polar surface area (TPSA) is 79.8 Å². The Morgan fingerprint density at radius 3 is 2.64 bits per heavy atom. The van der Waals surface area contributed by atoms with Crippen molar-refractivity contribution in [2.24, 2.45) is 0 Å².